The van der Waals surface area contributed by atoms with Crippen LogP contribution in [0.2, 0.25) is 0 Å². The molecule has 2 bridgehead atoms. The van der Waals surface area contributed by atoms with E-state index in [0.717, 1.165) is 30.9 Å². The Morgan fingerprint density at radius 2 is 1.58 bits per heavy atom. The SMILES string of the molecule is CC.O=C(N[C@@H](c1ccccc1)C12CCC(CC1)CN2)c1ccccc1. The molecule has 3 aliphatic rings. The van der Waals surface area contributed by atoms with Crippen molar-refractivity contribution in [1.29, 1.82) is 0 Å². The van der Waals surface area contributed by atoms with Crippen LogP contribution in [0, 0.1) is 5.92 Å². The third-order valence-corrected chi connectivity index (χ3v) is 5.74. The summed E-state index contributed by atoms with van der Waals surface area (Å²) in [6, 6.07) is 19.9. The zero-order valence-corrected chi connectivity index (χ0v) is 15.9. The Morgan fingerprint density at radius 1 is 1.00 bits per heavy atom. The average Bonchev–Trinajstić information content (AvgIpc) is 2.76. The van der Waals surface area contributed by atoms with Gasteiger partial charge < -0.3 is 10.6 Å². The summed E-state index contributed by atoms with van der Waals surface area (Å²) in [6.07, 6.45) is 4.79. The highest BCUT2D eigenvalue weighted by molar-refractivity contribution is 5.94. The van der Waals surface area contributed by atoms with Gasteiger partial charge in [-0.05, 0) is 55.8 Å². The van der Waals surface area contributed by atoms with Gasteiger partial charge in [0.25, 0.3) is 5.91 Å². The van der Waals surface area contributed by atoms with E-state index in [0.29, 0.717) is 0 Å². The van der Waals surface area contributed by atoms with E-state index >= 15 is 0 Å². The summed E-state index contributed by atoms with van der Waals surface area (Å²) in [7, 11) is 0. The predicted molar refractivity (Wildman–Crippen MR) is 107 cm³/mol. The summed E-state index contributed by atoms with van der Waals surface area (Å²) in [5, 5.41) is 7.11. The van der Waals surface area contributed by atoms with E-state index in [4.69, 9.17) is 0 Å². The van der Waals surface area contributed by atoms with Crippen molar-refractivity contribution in [1.82, 2.24) is 10.6 Å². The van der Waals surface area contributed by atoms with Crippen LogP contribution in [0.1, 0.15) is 61.5 Å². The van der Waals surface area contributed by atoms with Gasteiger partial charge in [-0.15, -0.1) is 0 Å². The molecule has 3 heteroatoms. The van der Waals surface area contributed by atoms with Crippen LogP contribution in [0.3, 0.4) is 0 Å². The first-order valence-electron chi connectivity index (χ1n) is 9.93. The summed E-state index contributed by atoms with van der Waals surface area (Å²) in [6.45, 7) is 5.07. The molecule has 1 saturated carbocycles. The minimum atomic E-state index is -0.0133. The van der Waals surface area contributed by atoms with Crippen molar-refractivity contribution in [3.63, 3.8) is 0 Å². The van der Waals surface area contributed by atoms with Crippen molar-refractivity contribution in [3.05, 3.63) is 71.8 Å². The smallest absolute Gasteiger partial charge is 0.251 e. The van der Waals surface area contributed by atoms with Crippen LogP contribution in [-0.2, 0) is 0 Å². The highest BCUT2D eigenvalue weighted by atomic mass is 16.1. The first-order valence-corrected chi connectivity index (χ1v) is 9.93. The van der Waals surface area contributed by atoms with Gasteiger partial charge in [-0.1, -0.05) is 62.4 Å². The Labute approximate surface area is 157 Å². The Morgan fingerprint density at radius 3 is 2.12 bits per heavy atom. The van der Waals surface area contributed by atoms with E-state index in [1.807, 2.05) is 50.2 Å². The van der Waals surface area contributed by atoms with Crippen molar-refractivity contribution >= 4 is 5.91 Å². The number of rotatable bonds is 4. The molecule has 1 amide bonds. The summed E-state index contributed by atoms with van der Waals surface area (Å²) < 4.78 is 0. The molecule has 1 aliphatic carbocycles. The summed E-state index contributed by atoms with van der Waals surface area (Å²) in [5.41, 5.74) is 1.90. The maximum absolute atomic E-state index is 12.8. The lowest BCUT2D eigenvalue weighted by Crippen LogP contribution is -2.62. The molecular formula is C23H30N2O. The van der Waals surface area contributed by atoms with Gasteiger partial charge in [0.05, 0.1) is 6.04 Å². The fourth-order valence-corrected chi connectivity index (χ4v) is 4.30. The lowest BCUT2D eigenvalue weighted by atomic mass is 9.67. The highest BCUT2D eigenvalue weighted by Gasteiger charge is 2.46. The van der Waals surface area contributed by atoms with E-state index in [-0.39, 0.29) is 17.5 Å². The van der Waals surface area contributed by atoms with Gasteiger partial charge in [-0.25, -0.2) is 0 Å². The molecule has 26 heavy (non-hydrogen) atoms. The van der Waals surface area contributed by atoms with Crippen molar-refractivity contribution in [2.24, 2.45) is 5.92 Å². The van der Waals surface area contributed by atoms with Gasteiger partial charge in [-0.3, -0.25) is 4.79 Å². The molecule has 2 heterocycles. The Balaban J connectivity index is 0.000000948. The van der Waals surface area contributed by atoms with E-state index in [1.165, 1.54) is 18.4 Å². The zero-order chi connectivity index (χ0) is 18.4. The first-order chi connectivity index (χ1) is 12.8. The normalized spacial score (nSPS) is 24.9. The largest absolute Gasteiger partial charge is 0.343 e. The van der Waals surface area contributed by atoms with E-state index < -0.39 is 0 Å². The molecule has 0 aromatic heterocycles. The number of fused-ring (bicyclic) bond motifs is 3. The maximum Gasteiger partial charge on any atom is 0.251 e. The third kappa shape index (κ3) is 3.83. The summed E-state index contributed by atoms with van der Waals surface area (Å²) >= 11 is 0. The minimum absolute atomic E-state index is 0.00709. The second-order valence-electron chi connectivity index (χ2n) is 7.16. The third-order valence-electron chi connectivity index (χ3n) is 5.74. The van der Waals surface area contributed by atoms with E-state index in [1.54, 1.807) is 0 Å². The van der Waals surface area contributed by atoms with Crippen LogP contribution in [0.25, 0.3) is 0 Å². The second-order valence-corrected chi connectivity index (χ2v) is 7.16. The van der Waals surface area contributed by atoms with Crippen LogP contribution in [0.5, 0.6) is 0 Å². The number of hydrogen-bond donors (Lipinski definition) is 2. The second kappa shape index (κ2) is 8.50. The quantitative estimate of drug-likeness (QED) is 0.838. The number of nitrogens with one attached hydrogen (secondary N) is 2. The fraction of sp³-hybridized carbons (Fsp3) is 0.435. The topological polar surface area (TPSA) is 41.1 Å². The van der Waals surface area contributed by atoms with Crippen molar-refractivity contribution in [2.45, 2.75) is 51.1 Å². The molecule has 2 aliphatic heterocycles. The average molecular weight is 351 g/mol. The molecule has 3 nitrogen and oxygen atoms in total. The standard InChI is InChI=1S/C21H24N2O.C2H6/c24-20(18-9-5-2-6-10-18)23-19(17-7-3-1-4-8-17)21-13-11-16(12-14-21)15-22-21;1-2/h1-10,16,19,22H,11-15H2,(H,23,24);1-2H3/t16?,19-,21?;/m0./s1. The summed E-state index contributed by atoms with van der Waals surface area (Å²) in [5.74, 6) is 0.821. The van der Waals surface area contributed by atoms with Crippen LogP contribution in [0.4, 0.5) is 0 Å². The van der Waals surface area contributed by atoms with Gasteiger partial charge in [0.1, 0.15) is 0 Å². The molecule has 0 spiro atoms. The number of amides is 1. The van der Waals surface area contributed by atoms with Crippen molar-refractivity contribution in [3.8, 4) is 0 Å². The van der Waals surface area contributed by atoms with Crippen LogP contribution in [0.15, 0.2) is 60.7 Å². The fourth-order valence-electron chi connectivity index (χ4n) is 4.30. The molecule has 5 rings (SSSR count). The number of carbonyl (C=O) groups is 1. The Kier molecular flexibility index (Phi) is 6.10. The number of hydrogen-bond acceptors (Lipinski definition) is 2. The van der Waals surface area contributed by atoms with Gasteiger partial charge in [0.2, 0.25) is 0 Å². The number of carbonyl (C=O) groups excluding carboxylic acids is 1. The predicted octanol–water partition coefficient (Wildman–Crippen LogP) is 4.72. The summed E-state index contributed by atoms with van der Waals surface area (Å²) in [4.78, 5) is 12.8. The van der Waals surface area contributed by atoms with Crippen molar-refractivity contribution < 1.29 is 4.79 Å². The molecule has 2 aromatic carbocycles. The molecular weight excluding hydrogens is 320 g/mol. The van der Waals surface area contributed by atoms with Gasteiger partial charge >= 0.3 is 0 Å². The van der Waals surface area contributed by atoms with Crippen molar-refractivity contribution in [2.75, 3.05) is 6.54 Å². The lowest BCUT2D eigenvalue weighted by molar-refractivity contribution is 0.0676. The zero-order valence-electron chi connectivity index (χ0n) is 15.9. The molecule has 1 atom stereocenters. The Hall–Kier alpha value is -2.13. The maximum atomic E-state index is 12.8. The van der Waals surface area contributed by atoms with E-state index in [2.05, 4.69) is 34.9 Å². The number of piperidine rings is 2. The molecule has 0 unspecified atom stereocenters. The van der Waals surface area contributed by atoms with Gasteiger partial charge in [0, 0.05) is 11.1 Å². The van der Waals surface area contributed by atoms with Gasteiger partial charge in [0.15, 0.2) is 0 Å². The molecule has 2 saturated heterocycles. The van der Waals surface area contributed by atoms with Crippen LogP contribution < -0.4 is 10.6 Å². The minimum Gasteiger partial charge on any atom is -0.343 e. The van der Waals surface area contributed by atoms with Crippen LogP contribution >= 0.6 is 0 Å². The van der Waals surface area contributed by atoms with E-state index in [9.17, 15) is 4.79 Å². The molecule has 2 N–H and O–H groups in total. The monoisotopic (exact) mass is 350 g/mol. The highest BCUT2D eigenvalue weighted by Crippen LogP contribution is 2.44. The molecule has 2 aromatic rings. The molecule has 3 fully saturated rings. The van der Waals surface area contributed by atoms with Gasteiger partial charge in [-0.2, -0.15) is 0 Å². The lowest BCUT2D eigenvalue weighted by Gasteiger charge is -2.52. The Bertz CT molecular complexity index is 677. The first kappa shape index (κ1) is 18.7. The molecule has 138 valence electrons. The van der Waals surface area contributed by atoms with Crippen LogP contribution in [-0.4, -0.2) is 18.0 Å². The molecule has 0 radical (unpaired) electrons. The number of benzene rings is 2.